The summed E-state index contributed by atoms with van der Waals surface area (Å²) in [4.78, 5) is 25.4. The van der Waals surface area contributed by atoms with E-state index in [4.69, 9.17) is 0 Å². The van der Waals surface area contributed by atoms with Gasteiger partial charge in [-0.15, -0.1) is 0 Å². The van der Waals surface area contributed by atoms with Crippen molar-refractivity contribution in [1.82, 2.24) is 24.6 Å². The Morgan fingerprint density at radius 1 is 1.10 bits per heavy atom. The Hall–Kier alpha value is -3.26. The van der Waals surface area contributed by atoms with Crippen molar-refractivity contribution in [2.45, 2.75) is 19.5 Å². The van der Waals surface area contributed by atoms with E-state index in [1.54, 1.807) is 13.3 Å². The van der Waals surface area contributed by atoms with Crippen molar-refractivity contribution in [3.8, 4) is 0 Å². The number of pyridine rings is 1. The first-order valence-electron chi connectivity index (χ1n) is 9.81. The molecule has 3 aromatic rings. The molecule has 1 fully saturated rings. The molecule has 8 nitrogen and oxygen atoms in total. The average molecular weight is 391 g/mol. The first-order valence-corrected chi connectivity index (χ1v) is 9.81. The molecule has 0 bridgehead atoms. The molecule has 1 aromatic carbocycles. The van der Waals surface area contributed by atoms with Gasteiger partial charge in [0, 0.05) is 44.6 Å². The SMILES string of the molecule is CC(C(=O)Nc1ccc(CN2CCN(c3ccccn3)CC2)cc1)n1cncn1. The number of amides is 1. The maximum Gasteiger partial charge on any atom is 0.249 e. The van der Waals surface area contributed by atoms with Crippen molar-refractivity contribution in [2.75, 3.05) is 36.4 Å². The molecule has 1 aliphatic rings. The molecule has 1 unspecified atom stereocenters. The van der Waals surface area contributed by atoms with Crippen LogP contribution in [0.2, 0.25) is 0 Å². The van der Waals surface area contributed by atoms with Crippen LogP contribution < -0.4 is 10.2 Å². The predicted molar refractivity (Wildman–Crippen MR) is 112 cm³/mol. The number of nitrogens with zero attached hydrogens (tertiary/aromatic N) is 6. The molecule has 4 rings (SSSR count). The number of aromatic nitrogens is 4. The van der Waals surface area contributed by atoms with Gasteiger partial charge in [0.25, 0.3) is 0 Å². The average Bonchev–Trinajstić information content (AvgIpc) is 3.31. The smallest absolute Gasteiger partial charge is 0.249 e. The first kappa shape index (κ1) is 19.1. The van der Waals surface area contributed by atoms with E-state index in [2.05, 4.69) is 48.4 Å². The molecule has 8 heteroatoms. The van der Waals surface area contributed by atoms with Crippen LogP contribution >= 0.6 is 0 Å². The zero-order chi connectivity index (χ0) is 20.1. The lowest BCUT2D eigenvalue weighted by molar-refractivity contribution is -0.119. The first-order chi connectivity index (χ1) is 14.2. The summed E-state index contributed by atoms with van der Waals surface area (Å²) < 4.78 is 1.54. The number of carbonyl (C=O) groups excluding carboxylic acids is 1. The number of nitrogens with one attached hydrogen (secondary N) is 1. The van der Waals surface area contributed by atoms with E-state index >= 15 is 0 Å². The van der Waals surface area contributed by atoms with Crippen molar-refractivity contribution >= 4 is 17.4 Å². The Labute approximate surface area is 170 Å². The molecule has 29 heavy (non-hydrogen) atoms. The molecule has 0 radical (unpaired) electrons. The number of carbonyl (C=O) groups is 1. The molecular weight excluding hydrogens is 366 g/mol. The highest BCUT2D eigenvalue weighted by atomic mass is 16.2. The van der Waals surface area contributed by atoms with Crippen LogP contribution in [0.15, 0.2) is 61.3 Å². The van der Waals surface area contributed by atoms with Crippen LogP contribution in [0, 0.1) is 0 Å². The Balaban J connectivity index is 1.27. The minimum Gasteiger partial charge on any atom is -0.354 e. The van der Waals surface area contributed by atoms with E-state index in [1.807, 2.05) is 30.5 Å². The summed E-state index contributed by atoms with van der Waals surface area (Å²) in [7, 11) is 0. The quantitative estimate of drug-likeness (QED) is 0.694. The summed E-state index contributed by atoms with van der Waals surface area (Å²) in [5.41, 5.74) is 2.02. The second-order valence-corrected chi connectivity index (χ2v) is 7.19. The van der Waals surface area contributed by atoms with E-state index in [1.165, 1.54) is 16.6 Å². The second kappa shape index (κ2) is 8.83. The Morgan fingerprint density at radius 3 is 2.55 bits per heavy atom. The van der Waals surface area contributed by atoms with E-state index in [-0.39, 0.29) is 5.91 Å². The molecule has 0 spiro atoms. The summed E-state index contributed by atoms with van der Waals surface area (Å²) in [6, 6.07) is 13.7. The monoisotopic (exact) mass is 391 g/mol. The van der Waals surface area contributed by atoms with E-state index in [0.717, 1.165) is 44.2 Å². The van der Waals surface area contributed by atoms with Gasteiger partial charge in [0.15, 0.2) is 0 Å². The van der Waals surface area contributed by atoms with Crippen molar-refractivity contribution in [3.05, 3.63) is 66.9 Å². The molecular formula is C21H25N7O. The van der Waals surface area contributed by atoms with Crippen LogP contribution in [0.25, 0.3) is 0 Å². The van der Waals surface area contributed by atoms with E-state index in [0.29, 0.717) is 0 Å². The maximum atomic E-state index is 12.3. The van der Waals surface area contributed by atoms with Crippen molar-refractivity contribution in [2.24, 2.45) is 0 Å². The third-order valence-corrected chi connectivity index (χ3v) is 5.19. The van der Waals surface area contributed by atoms with Crippen LogP contribution in [-0.4, -0.2) is 56.7 Å². The van der Waals surface area contributed by atoms with Gasteiger partial charge < -0.3 is 10.2 Å². The van der Waals surface area contributed by atoms with Crippen LogP contribution in [0.5, 0.6) is 0 Å². The summed E-state index contributed by atoms with van der Waals surface area (Å²) in [5, 5.41) is 6.94. The highest BCUT2D eigenvalue weighted by molar-refractivity contribution is 5.93. The minimum absolute atomic E-state index is 0.117. The summed E-state index contributed by atoms with van der Waals surface area (Å²) in [6.45, 7) is 6.66. The third-order valence-electron chi connectivity index (χ3n) is 5.19. The van der Waals surface area contributed by atoms with Crippen LogP contribution in [0.3, 0.4) is 0 Å². The number of anilines is 2. The van der Waals surface area contributed by atoms with Gasteiger partial charge in [-0.25, -0.2) is 14.6 Å². The molecule has 1 saturated heterocycles. The van der Waals surface area contributed by atoms with Gasteiger partial charge in [0.2, 0.25) is 5.91 Å². The molecule has 0 aliphatic carbocycles. The molecule has 150 valence electrons. The number of piperazine rings is 1. The largest absolute Gasteiger partial charge is 0.354 e. The van der Waals surface area contributed by atoms with Crippen LogP contribution in [-0.2, 0) is 11.3 Å². The number of hydrogen-bond donors (Lipinski definition) is 1. The van der Waals surface area contributed by atoms with Gasteiger partial charge in [-0.2, -0.15) is 5.10 Å². The van der Waals surface area contributed by atoms with Gasteiger partial charge >= 0.3 is 0 Å². The Kier molecular flexibility index (Phi) is 5.81. The zero-order valence-corrected chi connectivity index (χ0v) is 16.5. The molecule has 2 aromatic heterocycles. The molecule has 1 amide bonds. The number of hydrogen-bond acceptors (Lipinski definition) is 6. The molecule has 1 atom stereocenters. The Morgan fingerprint density at radius 2 is 1.90 bits per heavy atom. The molecule has 0 saturated carbocycles. The fraction of sp³-hybridized carbons (Fsp3) is 0.333. The highest BCUT2D eigenvalue weighted by Crippen LogP contribution is 2.17. The highest BCUT2D eigenvalue weighted by Gasteiger charge is 2.18. The molecule has 1 N–H and O–H groups in total. The predicted octanol–water partition coefficient (Wildman–Crippen LogP) is 2.20. The van der Waals surface area contributed by atoms with E-state index in [9.17, 15) is 4.79 Å². The van der Waals surface area contributed by atoms with Gasteiger partial charge in [-0.3, -0.25) is 9.69 Å². The van der Waals surface area contributed by atoms with Crippen LogP contribution in [0.4, 0.5) is 11.5 Å². The maximum absolute atomic E-state index is 12.3. The normalized spacial score (nSPS) is 15.8. The fourth-order valence-corrected chi connectivity index (χ4v) is 3.41. The van der Waals surface area contributed by atoms with Crippen LogP contribution in [0.1, 0.15) is 18.5 Å². The second-order valence-electron chi connectivity index (χ2n) is 7.19. The summed E-state index contributed by atoms with van der Waals surface area (Å²) in [5.74, 6) is 0.932. The lowest BCUT2D eigenvalue weighted by Gasteiger charge is -2.35. The molecule has 3 heterocycles. The summed E-state index contributed by atoms with van der Waals surface area (Å²) >= 11 is 0. The van der Waals surface area contributed by atoms with Gasteiger partial charge in [-0.05, 0) is 36.8 Å². The van der Waals surface area contributed by atoms with Gasteiger partial charge in [0.05, 0.1) is 0 Å². The van der Waals surface area contributed by atoms with E-state index < -0.39 is 6.04 Å². The van der Waals surface area contributed by atoms with Gasteiger partial charge in [-0.1, -0.05) is 18.2 Å². The van der Waals surface area contributed by atoms with Gasteiger partial charge in [0.1, 0.15) is 24.5 Å². The van der Waals surface area contributed by atoms with Crippen molar-refractivity contribution in [1.29, 1.82) is 0 Å². The minimum atomic E-state index is -0.410. The number of benzene rings is 1. The summed E-state index contributed by atoms with van der Waals surface area (Å²) in [6.07, 6.45) is 4.81. The van der Waals surface area contributed by atoms with Crippen molar-refractivity contribution in [3.63, 3.8) is 0 Å². The third kappa shape index (κ3) is 4.78. The lowest BCUT2D eigenvalue weighted by atomic mass is 10.1. The zero-order valence-electron chi connectivity index (χ0n) is 16.5. The lowest BCUT2D eigenvalue weighted by Crippen LogP contribution is -2.46. The molecule has 1 aliphatic heterocycles. The fourth-order valence-electron chi connectivity index (χ4n) is 3.41. The standard InChI is InChI=1S/C21H25N7O/c1-17(28-16-22-15-24-28)21(29)25-19-7-5-18(6-8-19)14-26-10-12-27(13-11-26)20-4-2-3-9-23-20/h2-9,15-17H,10-14H2,1H3,(H,25,29). The number of rotatable bonds is 6. The Bertz CT molecular complexity index is 904. The topological polar surface area (TPSA) is 79.2 Å². The van der Waals surface area contributed by atoms with Crippen molar-refractivity contribution < 1.29 is 4.79 Å².